The van der Waals surface area contributed by atoms with E-state index in [1.54, 1.807) is 6.08 Å². The van der Waals surface area contributed by atoms with E-state index in [-0.39, 0.29) is 42.1 Å². The number of nitrogens with one attached hydrogen (secondary N) is 7. The molecular formula is C42H54N12O3. The molecule has 3 amide bonds. The third kappa shape index (κ3) is 18.5. The van der Waals surface area contributed by atoms with E-state index in [4.69, 9.17) is 38.8 Å². The lowest BCUT2D eigenvalue weighted by Crippen LogP contribution is -2.36. The molecule has 0 spiro atoms. The summed E-state index contributed by atoms with van der Waals surface area (Å²) in [6.07, 6.45) is 13.8. The zero-order valence-corrected chi connectivity index (χ0v) is 32.1. The summed E-state index contributed by atoms with van der Waals surface area (Å²) < 4.78 is 0. The third-order valence-electron chi connectivity index (χ3n) is 8.33. The van der Waals surface area contributed by atoms with Crippen LogP contribution in [0.2, 0.25) is 0 Å². The molecule has 1 fully saturated rings. The van der Waals surface area contributed by atoms with Gasteiger partial charge in [-0.1, -0.05) is 117 Å². The summed E-state index contributed by atoms with van der Waals surface area (Å²) in [6, 6.07) is 29.8. The standard InChI is InChI=1S/C16H21N3O.C13H13N3O.C12H15N3O.CH5N3/c17-16(18)19-15(20)11-10-13-8-4-5-9-14(13)12-6-2-1-3-7-12;14-13(15)16-12(17)8-10-6-3-5-9-4-1-2-7-11(9)10;1-2-9-5-3-4-6-10(9)7-8-11(16)15-12(13)14;2-1(3)4/h4-5,8-12H,1-3,6-7H2,(H4,17,18,19,20);1-7H,8H2,(H4,14,15,16,17);3-8H,2H2,1H3,(H4,13,14,15,16);(H5,2,3,4). The summed E-state index contributed by atoms with van der Waals surface area (Å²) in [4.78, 5) is 34.2. The summed E-state index contributed by atoms with van der Waals surface area (Å²) in [5.74, 6) is -1.77. The van der Waals surface area contributed by atoms with Crippen LogP contribution in [-0.2, 0) is 27.2 Å². The second-order valence-corrected chi connectivity index (χ2v) is 12.7. The van der Waals surface area contributed by atoms with E-state index in [2.05, 4.69) is 46.5 Å². The molecular weight excluding hydrogens is 721 g/mol. The molecule has 0 radical (unpaired) electrons. The maximum atomic E-state index is 11.5. The van der Waals surface area contributed by atoms with Crippen LogP contribution in [0.3, 0.4) is 0 Å². The van der Waals surface area contributed by atoms with Gasteiger partial charge in [0.2, 0.25) is 5.91 Å². The van der Waals surface area contributed by atoms with E-state index in [1.165, 1.54) is 55.4 Å². The SMILES string of the molecule is CCc1ccccc1C=CC(=O)NC(=N)N.N=C(N)N.N=C(N)NC(=O)C=Cc1ccccc1C1CCCCC1.N=C(N)NC(=O)Cc1cccc2ccccc12. The molecule has 0 aromatic heterocycles. The Kier molecular flexibility index (Phi) is 20.0. The fraction of sp³-hybridized carbons (Fsp3) is 0.214. The minimum atomic E-state index is -0.390. The van der Waals surface area contributed by atoms with Crippen molar-refractivity contribution in [3.8, 4) is 0 Å². The molecule has 4 aromatic carbocycles. The zero-order chi connectivity index (χ0) is 42.2. The van der Waals surface area contributed by atoms with Gasteiger partial charge in [-0.2, -0.15) is 0 Å². The van der Waals surface area contributed by atoms with Gasteiger partial charge in [-0.3, -0.25) is 52.0 Å². The number of nitrogens with two attached hydrogens (primary N) is 5. The molecule has 17 N–H and O–H groups in total. The van der Waals surface area contributed by atoms with Crippen molar-refractivity contribution in [3.63, 3.8) is 0 Å². The van der Waals surface area contributed by atoms with Crippen molar-refractivity contribution in [2.75, 3.05) is 0 Å². The molecule has 1 aliphatic rings. The maximum Gasteiger partial charge on any atom is 0.250 e. The summed E-state index contributed by atoms with van der Waals surface area (Å²) in [7, 11) is 0. The molecule has 0 aliphatic heterocycles. The van der Waals surface area contributed by atoms with Crippen LogP contribution in [0.25, 0.3) is 22.9 Å². The van der Waals surface area contributed by atoms with E-state index >= 15 is 0 Å². The van der Waals surface area contributed by atoms with Gasteiger partial charge in [-0.15, -0.1) is 0 Å². The molecule has 1 saturated carbocycles. The quantitative estimate of drug-likeness (QED) is 0.0695. The number of hydrogen-bond donors (Lipinski definition) is 12. The van der Waals surface area contributed by atoms with Crippen molar-refractivity contribution in [1.82, 2.24) is 16.0 Å². The van der Waals surface area contributed by atoms with E-state index in [1.807, 2.05) is 84.9 Å². The van der Waals surface area contributed by atoms with Gasteiger partial charge in [-0.05, 0) is 75.9 Å². The van der Waals surface area contributed by atoms with Gasteiger partial charge in [0.25, 0.3) is 11.8 Å². The second kappa shape index (κ2) is 24.9. The summed E-state index contributed by atoms with van der Waals surface area (Å²) >= 11 is 0. The van der Waals surface area contributed by atoms with Crippen LogP contribution < -0.4 is 44.6 Å². The molecule has 300 valence electrons. The summed E-state index contributed by atoms with van der Waals surface area (Å²) in [5, 5.41) is 35.8. The van der Waals surface area contributed by atoms with Crippen molar-refractivity contribution in [2.45, 2.75) is 57.8 Å². The van der Waals surface area contributed by atoms with Crippen LogP contribution >= 0.6 is 0 Å². The average molecular weight is 775 g/mol. The number of rotatable bonds is 8. The largest absolute Gasteiger partial charge is 0.370 e. The van der Waals surface area contributed by atoms with Crippen molar-refractivity contribution in [2.24, 2.45) is 28.7 Å². The number of fused-ring (bicyclic) bond motifs is 1. The predicted octanol–water partition coefficient (Wildman–Crippen LogP) is 4.26. The fourth-order valence-corrected chi connectivity index (χ4v) is 5.96. The Morgan fingerprint density at radius 3 is 1.67 bits per heavy atom. The lowest BCUT2D eigenvalue weighted by molar-refractivity contribution is -0.119. The van der Waals surface area contributed by atoms with Crippen molar-refractivity contribution < 1.29 is 14.4 Å². The van der Waals surface area contributed by atoms with E-state index in [9.17, 15) is 14.4 Å². The van der Waals surface area contributed by atoms with Crippen LogP contribution in [0.15, 0.2) is 103 Å². The molecule has 0 saturated heterocycles. The van der Waals surface area contributed by atoms with E-state index in [0.717, 1.165) is 33.9 Å². The van der Waals surface area contributed by atoms with Crippen LogP contribution in [0.4, 0.5) is 0 Å². The summed E-state index contributed by atoms with van der Waals surface area (Å²) in [5.41, 5.74) is 29.7. The zero-order valence-electron chi connectivity index (χ0n) is 32.1. The molecule has 4 aromatic rings. The Bertz CT molecular complexity index is 2060. The number of amides is 3. The van der Waals surface area contributed by atoms with Crippen molar-refractivity contribution >= 4 is 64.5 Å². The number of carbonyl (C=O) groups is 3. The maximum absolute atomic E-state index is 11.5. The van der Waals surface area contributed by atoms with Crippen molar-refractivity contribution in [1.29, 1.82) is 21.6 Å². The number of benzene rings is 4. The highest BCUT2D eigenvalue weighted by atomic mass is 16.2. The Balaban J connectivity index is 0.000000283. The monoisotopic (exact) mass is 774 g/mol. The van der Waals surface area contributed by atoms with Gasteiger partial charge >= 0.3 is 0 Å². The number of hydrogen-bond acceptors (Lipinski definition) is 7. The van der Waals surface area contributed by atoms with Gasteiger partial charge in [0.05, 0.1) is 6.42 Å². The van der Waals surface area contributed by atoms with Crippen LogP contribution in [0, 0.1) is 21.6 Å². The molecule has 5 rings (SSSR count). The van der Waals surface area contributed by atoms with E-state index < -0.39 is 5.91 Å². The van der Waals surface area contributed by atoms with Gasteiger partial charge in [0.1, 0.15) is 0 Å². The molecule has 57 heavy (non-hydrogen) atoms. The first-order chi connectivity index (χ1) is 27.2. The first kappa shape index (κ1) is 45.9. The second-order valence-electron chi connectivity index (χ2n) is 12.7. The van der Waals surface area contributed by atoms with E-state index in [0.29, 0.717) is 5.92 Å². The molecule has 15 heteroatoms. The highest BCUT2D eigenvalue weighted by molar-refractivity contribution is 6.03. The van der Waals surface area contributed by atoms with Crippen LogP contribution in [0.5, 0.6) is 0 Å². The number of aryl methyl sites for hydroxylation is 1. The fourth-order valence-electron chi connectivity index (χ4n) is 5.96. The summed E-state index contributed by atoms with van der Waals surface area (Å²) in [6.45, 7) is 2.06. The molecule has 1 aliphatic carbocycles. The highest BCUT2D eigenvalue weighted by Gasteiger charge is 2.17. The van der Waals surface area contributed by atoms with Gasteiger partial charge in [-0.25, -0.2) is 0 Å². The van der Waals surface area contributed by atoms with Gasteiger partial charge < -0.3 is 28.7 Å². The Morgan fingerprint density at radius 2 is 1.09 bits per heavy atom. The Hall–Kier alpha value is -7.29. The predicted molar refractivity (Wildman–Crippen MR) is 230 cm³/mol. The number of guanidine groups is 4. The molecule has 0 bridgehead atoms. The number of carbonyl (C=O) groups excluding carboxylic acids is 3. The first-order valence-electron chi connectivity index (χ1n) is 18.2. The third-order valence-corrected chi connectivity index (χ3v) is 8.33. The lowest BCUT2D eigenvalue weighted by atomic mass is 9.82. The highest BCUT2D eigenvalue weighted by Crippen LogP contribution is 2.34. The Labute approximate surface area is 333 Å². The average Bonchev–Trinajstić information content (AvgIpc) is 3.16. The molecule has 0 heterocycles. The van der Waals surface area contributed by atoms with Crippen molar-refractivity contribution in [3.05, 3.63) is 131 Å². The van der Waals surface area contributed by atoms with Crippen LogP contribution in [0.1, 0.15) is 72.8 Å². The topological polar surface area (TPSA) is 313 Å². The molecule has 0 unspecified atom stereocenters. The molecule has 15 nitrogen and oxygen atoms in total. The smallest absolute Gasteiger partial charge is 0.250 e. The minimum Gasteiger partial charge on any atom is -0.370 e. The Morgan fingerprint density at radius 1 is 0.614 bits per heavy atom. The first-order valence-corrected chi connectivity index (χ1v) is 18.2. The van der Waals surface area contributed by atoms with Gasteiger partial charge in [0, 0.05) is 12.2 Å². The van der Waals surface area contributed by atoms with Crippen LogP contribution in [-0.4, -0.2) is 41.6 Å². The molecule has 0 atom stereocenters. The lowest BCUT2D eigenvalue weighted by Gasteiger charge is -2.23. The normalized spacial score (nSPS) is 12.0. The minimum absolute atomic E-state index is 0.223. The van der Waals surface area contributed by atoms with Gasteiger partial charge in [0.15, 0.2) is 23.8 Å².